The Balaban J connectivity index is 2.67. The smallest absolute Gasteiger partial charge is 0.197 e. The van der Waals surface area contributed by atoms with Crippen LogP contribution in [0.25, 0.3) is 11.3 Å². The summed E-state index contributed by atoms with van der Waals surface area (Å²) in [7, 11) is 0. The summed E-state index contributed by atoms with van der Waals surface area (Å²) in [5, 5.41) is 0.838. The summed E-state index contributed by atoms with van der Waals surface area (Å²) in [4.78, 5) is 6.28. The monoisotopic (exact) mass is 274 g/mol. The van der Waals surface area contributed by atoms with Crippen LogP contribution >= 0.6 is 35.4 Å². The van der Waals surface area contributed by atoms with Gasteiger partial charge in [0.25, 0.3) is 0 Å². The Hall–Kier alpha value is -0.970. The molecular weight excluding hydrogens is 270 g/mol. The molecule has 82 valence electrons. The maximum absolute atomic E-state index is 13.5. The van der Waals surface area contributed by atoms with Gasteiger partial charge < -0.3 is 4.98 Å². The molecule has 0 aliphatic carbocycles. The zero-order valence-electron chi connectivity index (χ0n) is 7.80. The minimum Gasteiger partial charge on any atom is -0.328 e. The number of benzene rings is 1. The van der Waals surface area contributed by atoms with Gasteiger partial charge in [-0.2, -0.15) is 0 Å². The molecule has 0 amide bonds. The summed E-state index contributed by atoms with van der Waals surface area (Å²) in [5.74, 6) is -0.516. The zero-order chi connectivity index (χ0) is 11.7. The fraction of sp³-hybridized carbons (Fsp3) is 0. The van der Waals surface area contributed by atoms with E-state index in [1.807, 2.05) is 0 Å². The van der Waals surface area contributed by atoms with Crippen LogP contribution < -0.4 is 0 Å². The summed E-state index contributed by atoms with van der Waals surface area (Å²) >= 11 is 16.5. The van der Waals surface area contributed by atoms with E-state index < -0.39 is 5.82 Å². The molecule has 0 spiro atoms. The average molecular weight is 275 g/mol. The van der Waals surface area contributed by atoms with Crippen LogP contribution in [0, 0.1) is 10.6 Å². The fourth-order valence-corrected chi connectivity index (χ4v) is 1.92. The van der Waals surface area contributed by atoms with Crippen LogP contribution in [0.5, 0.6) is 0 Å². The largest absolute Gasteiger partial charge is 0.328 e. The topological polar surface area (TPSA) is 28.7 Å². The molecule has 0 atom stereocenters. The highest BCUT2D eigenvalue weighted by Gasteiger charge is 2.10. The van der Waals surface area contributed by atoms with Crippen molar-refractivity contribution in [3.05, 3.63) is 45.0 Å². The number of aromatic nitrogens is 2. The Bertz CT molecular complexity index is 598. The first-order valence-electron chi connectivity index (χ1n) is 4.28. The van der Waals surface area contributed by atoms with Crippen molar-refractivity contribution < 1.29 is 4.39 Å². The number of H-pyrrole nitrogens is 1. The lowest BCUT2D eigenvalue weighted by Gasteiger charge is -2.05. The van der Waals surface area contributed by atoms with Gasteiger partial charge in [0.1, 0.15) is 0 Å². The van der Waals surface area contributed by atoms with Crippen molar-refractivity contribution in [3.63, 3.8) is 0 Å². The second-order valence-corrected chi connectivity index (χ2v) is 4.27. The third-order valence-electron chi connectivity index (χ3n) is 1.97. The lowest BCUT2D eigenvalue weighted by molar-refractivity contribution is 0.617. The van der Waals surface area contributed by atoms with E-state index in [1.54, 1.807) is 12.1 Å². The Morgan fingerprint density at radius 1 is 1.31 bits per heavy atom. The normalized spacial score (nSPS) is 10.4. The van der Waals surface area contributed by atoms with E-state index in [9.17, 15) is 4.39 Å². The number of hydrogen-bond acceptors (Lipinski definition) is 2. The molecule has 0 saturated carbocycles. The zero-order valence-corrected chi connectivity index (χ0v) is 10.1. The highest BCUT2D eigenvalue weighted by atomic mass is 35.5. The van der Waals surface area contributed by atoms with Gasteiger partial charge in [-0.3, -0.25) is 0 Å². The van der Waals surface area contributed by atoms with E-state index in [2.05, 4.69) is 9.97 Å². The molecule has 1 N–H and O–H groups in total. The van der Waals surface area contributed by atoms with Crippen molar-refractivity contribution in [1.29, 1.82) is 0 Å². The molecule has 0 bridgehead atoms. The van der Waals surface area contributed by atoms with Gasteiger partial charge >= 0.3 is 0 Å². The van der Waals surface area contributed by atoms with E-state index >= 15 is 0 Å². The molecule has 6 heteroatoms. The lowest BCUT2D eigenvalue weighted by atomic mass is 10.1. The summed E-state index contributed by atoms with van der Waals surface area (Å²) < 4.78 is 13.7. The van der Waals surface area contributed by atoms with Gasteiger partial charge in [0.2, 0.25) is 0 Å². The summed E-state index contributed by atoms with van der Waals surface area (Å²) in [6.07, 6.45) is 1.05. The molecule has 2 rings (SSSR count). The van der Waals surface area contributed by atoms with Gasteiger partial charge in [0.05, 0.1) is 16.9 Å². The quantitative estimate of drug-likeness (QED) is 0.788. The maximum atomic E-state index is 13.5. The Morgan fingerprint density at radius 2 is 2.06 bits per heavy atom. The second kappa shape index (κ2) is 4.49. The highest BCUT2D eigenvalue weighted by molar-refractivity contribution is 7.71. The molecule has 2 nitrogen and oxygen atoms in total. The molecule has 0 aliphatic rings. The van der Waals surface area contributed by atoms with Crippen molar-refractivity contribution in [2.24, 2.45) is 0 Å². The molecule has 0 radical (unpaired) electrons. The van der Waals surface area contributed by atoms with Crippen molar-refractivity contribution in [1.82, 2.24) is 9.97 Å². The van der Waals surface area contributed by atoms with E-state index in [0.29, 0.717) is 15.6 Å². The standard InChI is InChI=1S/C10H5Cl2FN2S/c11-5-1-2-6(7(12)3-5)9-8(13)4-14-10(16)15-9/h1-4H,(H,14,15,16). The molecule has 16 heavy (non-hydrogen) atoms. The molecular formula is C10H5Cl2FN2S. The highest BCUT2D eigenvalue weighted by Crippen LogP contribution is 2.30. The molecule has 1 aromatic carbocycles. The maximum Gasteiger partial charge on any atom is 0.197 e. The van der Waals surface area contributed by atoms with Crippen LogP contribution in [-0.2, 0) is 0 Å². The van der Waals surface area contributed by atoms with E-state index in [4.69, 9.17) is 35.4 Å². The first-order valence-corrected chi connectivity index (χ1v) is 5.44. The van der Waals surface area contributed by atoms with Crippen LogP contribution in [0.15, 0.2) is 24.4 Å². The summed E-state index contributed by atoms with van der Waals surface area (Å²) in [5.41, 5.74) is 0.707. The molecule has 0 unspecified atom stereocenters. The lowest BCUT2D eigenvalue weighted by Crippen LogP contribution is -1.92. The molecule has 0 saturated heterocycles. The fourth-order valence-electron chi connectivity index (χ4n) is 1.27. The van der Waals surface area contributed by atoms with Gasteiger partial charge in [0.15, 0.2) is 10.6 Å². The third-order valence-corrected chi connectivity index (χ3v) is 2.72. The van der Waals surface area contributed by atoms with Crippen molar-refractivity contribution in [2.75, 3.05) is 0 Å². The molecule has 0 fully saturated rings. The second-order valence-electron chi connectivity index (χ2n) is 3.04. The summed E-state index contributed by atoms with van der Waals surface area (Å²) in [6.45, 7) is 0. The Morgan fingerprint density at radius 3 is 2.75 bits per heavy atom. The molecule has 0 aliphatic heterocycles. The van der Waals surface area contributed by atoms with E-state index in [0.717, 1.165) is 6.20 Å². The third kappa shape index (κ3) is 2.24. The predicted molar refractivity (Wildman–Crippen MR) is 64.8 cm³/mol. The molecule has 2 aromatic rings. The van der Waals surface area contributed by atoms with Crippen LogP contribution in [0.3, 0.4) is 0 Å². The van der Waals surface area contributed by atoms with Gasteiger partial charge in [-0.15, -0.1) is 0 Å². The Kier molecular flexibility index (Phi) is 3.23. The van der Waals surface area contributed by atoms with E-state index in [-0.39, 0.29) is 10.5 Å². The number of halogens is 3. The minimum absolute atomic E-state index is 0.197. The SMILES string of the molecule is Fc1cnc(=S)[nH]c1-c1ccc(Cl)cc1Cl. The minimum atomic E-state index is -0.516. The Labute approximate surface area is 106 Å². The predicted octanol–water partition coefficient (Wildman–Crippen LogP) is 4.25. The summed E-state index contributed by atoms with van der Waals surface area (Å²) in [6, 6.07) is 4.78. The van der Waals surface area contributed by atoms with Gasteiger partial charge in [-0.05, 0) is 30.4 Å². The number of aromatic amines is 1. The van der Waals surface area contributed by atoms with Crippen molar-refractivity contribution in [2.45, 2.75) is 0 Å². The van der Waals surface area contributed by atoms with Gasteiger partial charge in [-0.1, -0.05) is 23.2 Å². The molecule has 1 heterocycles. The number of nitrogens with one attached hydrogen (secondary N) is 1. The van der Waals surface area contributed by atoms with Crippen LogP contribution in [-0.4, -0.2) is 9.97 Å². The molecule has 1 aromatic heterocycles. The van der Waals surface area contributed by atoms with Crippen LogP contribution in [0.1, 0.15) is 0 Å². The van der Waals surface area contributed by atoms with Crippen LogP contribution in [0.4, 0.5) is 4.39 Å². The number of rotatable bonds is 1. The number of nitrogens with zero attached hydrogens (tertiary/aromatic N) is 1. The first-order chi connectivity index (χ1) is 7.58. The van der Waals surface area contributed by atoms with Gasteiger partial charge in [-0.25, -0.2) is 9.37 Å². The van der Waals surface area contributed by atoms with Crippen LogP contribution in [0.2, 0.25) is 10.0 Å². The number of hydrogen-bond donors (Lipinski definition) is 1. The first kappa shape index (κ1) is 11.5. The van der Waals surface area contributed by atoms with E-state index in [1.165, 1.54) is 6.07 Å². The van der Waals surface area contributed by atoms with Gasteiger partial charge in [0, 0.05) is 10.6 Å². The van der Waals surface area contributed by atoms with Crippen molar-refractivity contribution >= 4 is 35.4 Å². The average Bonchev–Trinajstić information content (AvgIpc) is 2.22. The van der Waals surface area contributed by atoms with Crippen molar-refractivity contribution in [3.8, 4) is 11.3 Å².